The average molecular weight is 1070 g/mol. The second-order valence-corrected chi connectivity index (χ2v) is 24.1. The fourth-order valence-corrected chi connectivity index (χ4v) is 9.47. The number of rotatable bonds is 7. The van der Waals surface area contributed by atoms with Gasteiger partial charge in [-0.15, -0.1) is 48.3 Å². The summed E-state index contributed by atoms with van der Waals surface area (Å²) in [7, 11) is 0. The SMILES string of the molecule is CC(C)(C)C1=C(C(C)(C)C)N(c2cc(C(C)(C)C)cc(C(C)(C)c3ccccc3)c2)[CH-]N1c1[c-]c(Oc2[c-]c3c(c(C(C)(C)C)c2)c2ccccc2n3-c2cc(C(C)(C)C)ccn2)ccc1.[Pt]. The molecule has 0 radical (unpaired) electrons. The Morgan fingerprint density at radius 3 is 1.75 bits per heavy atom. The third kappa shape index (κ3) is 9.65. The zero-order valence-corrected chi connectivity index (χ0v) is 45.3. The van der Waals surface area contributed by atoms with Crippen molar-refractivity contribution in [2.75, 3.05) is 9.80 Å². The van der Waals surface area contributed by atoms with Crippen LogP contribution in [0.15, 0.2) is 127 Å². The molecule has 0 unspecified atom stereocenters. The Kier molecular flexibility index (Phi) is 13.0. The number of pyridine rings is 1. The van der Waals surface area contributed by atoms with Crippen molar-refractivity contribution in [3.05, 3.63) is 173 Å². The average Bonchev–Trinajstić information content (AvgIpc) is 3.81. The third-order valence-corrected chi connectivity index (χ3v) is 13.2. The van der Waals surface area contributed by atoms with E-state index in [1.807, 2.05) is 12.3 Å². The van der Waals surface area contributed by atoms with E-state index in [9.17, 15) is 0 Å². The van der Waals surface area contributed by atoms with Gasteiger partial charge in [-0.05, 0) is 74.2 Å². The van der Waals surface area contributed by atoms with Crippen molar-refractivity contribution in [1.29, 1.82) is 0 Å². The van der Waals surface area contributed by atoms with Gasteiger partial charge in [0, 0.05) is 77.6 Å². The molecule has 0 atom stereocenters. The number of ether oxygens (including phenoxy) is 1. The number of para-hydroxylation sites is 1. The van der Waals surface area contributed by atoms with Crippen molar-refractivity contribution < 1.29 is 25.8 Å². The van der Waals surface area contributed by atoms with Crippen LogP contribution in [0.1, 0.15) is 146 Å². The van der Waals surface area contributed by atoms with E-state index in [2.05, 4.69) is 254 Å². The molecule has 5 nitrogen and oxygen atoms in total. The molecule has 6 heteroatoms. The van der Waals surface area contributed by atoms with Crippen molar-refractivity contribution in [1.82, 2.24) is 9.55 Å². The van der Waals surface area contributed by atoms with Crippen LogP contribution in [0.3, 0.4) is 0 Å². The molecule has 354 valence electrons. The summed E-state index contributed by atoms with van der Waals surface area (Å²) in [5.74, 6) is 2.13. The third-order valence-electron chi connectivity index (χ3n) is 13.2. The van der Waals surface area contributed by atoms with E-state index in [4.69, 9.17) is 9.72 Å². The first kappa shape index (κ1) is 49.8. The van der Waals surface area contributed by atoms with Crippen LogP contribution >= 0.6 is 0 Å². The van der Waals surface area contributed by atoms with Gasteiger partial charge in [0.1, 0.15) is 5.82 Å². The maximum absolute atomic E-state index is 6.95. The molecule has 0 spiro atoms. The summed E-state index contributed by atoms with van der Waals surface area (Å²) in [4.78, 5) is 9.75. The molecule has 0 N–H and O–H groups in total. The predicted octanol–water partition coefficient (Wildman–Crippen LogP) is 16.5. The molecule has 1 aliphatic rings. The van der Waals surface area contributed by atoms with Crippen LogP contribution in [-0.2, 0) is 42.7 Å². The summed E-state index contributed by atoms with van der Waals surface area (Å²) in [5, 5.41) is 2.34. The Morgan fingerprint density at radius 2 is 1.12 bits per heavy atom. The van der Waals surface area contributed by atoms with E-state index in [0.29, 0.717) is 11.5 Å². The molecule has 0 saturated carbocycles. The van der Waals surface area contributed by atoms with E-state index >= 15 is 0 Å². The van der Waals surface area contributed by atoms with Gasteiger partial charge in [0.05, 0.1) is 0 Å². The first-order chi connectivity index (χ1) is 30.6. The van der Waals surface area contributed by atoms with Crippen LogP contribution in [0.2, 0.25) is 0 Å². The van der Waals surface area contributed by atoms with Gasteiger partial charge in [0.15, 0.2) is 0 Å². The van der Waals surface area contributed by atoms with Gasteiger partial charge in [-0.25, -0.2) is 4.98 Å². The first-order valence-corrected chi connectivity index (χ1v) is 23.7. The number of anilines is 2. The Bertz CT molecular complexity index is 2970. The molecule has 0 bridgehead atoms. The second-order valence-electron chi connectivity index (χ2n) is 24.1. The number of fused-ring (bicyclic) bond motifs is 3. The number of benzene rings is 5. The summed E-state index contributed by atoms with van der Waals surface area (Å²) in [5.41, 5.74) is 11.9. The first-order valence-electron chi connectivity index (χ1n) is 23.7. The van der Waals surface area contributed by atoms with E-state index in [1.54, 1.807) is 0 Å². The molecular weight excluding hydrogens is 1000 g/mol. The summed E-state index contributed by atoms with van der Waals surface area (Å²) in [6, 6.07) is 47.0. The van der Waals surface area contributed by atoms with E-state index in [1.165, 1.54) is 50.0 Å². The van der Waals surface area contributed by atoms with Gasteiger partial charge in [0.2, 0.25) is 0 Å². The fraction of sp³-hybridized carbons (Fsp3) is 0.377. The molecule has 8 rings (SSSR count). The van der Waals surface area contributed by atoms with Crippen molar-refractivity contribution >= 4 is 33.2 Å². The number of hydrogen-bond donors (Lipinski definition) is 0. The van der Waals surface area contributed by atoms with Crippen LogP contribution in [-0.4, -0.2) is 9.55 Å². The molecular formula is C61H71N4OPt-3. The van der Waals surface area contributed by atoms with Gasteiger partial charge in [-0.3, -0.25) is 0 Å². The molecule has 0 amide bonds. The number of allylic oxidation sites excluding steroid dienone is 2. The Morgan fingerprint density at radius 1 is 0.507 bits per heavy atom. The monoisotopic (exact) mass is 1070 g/mol. The van der Waals surface area contributed by atoms with E-state index in [0.717, 1.165) is 28.2 Å². The minimum atomic E-state index is -0.224. The number of nitrogens with zero attached hydrogens (tertiary/aromatic N) is 4. The van der Waals surface area contributed by atoms with Gasteiger partial charge in [-0.2, -0.15) is 6.07 Å². The Labute approximate surface area is 416 Å². The van der Waals surface area contributed by atoms with Crippen LogP contribution in [0.4, 0.5) is 11.4 Å². The molecule has 2 aromatic heterocycles. The topological polar surface area (TPSA) is 33.5 Å². The molecule has 0 aliphatic carbocycles. The number of aromatic nitrogens is 2. The molecule has 67 heavy (non-hydrogen) atoms. The smallest absolute Gasteiger partial charge is 0.135 e. The van der Waals surface area contributed by atoms with Gasteiger partial charge >= 0.3 is 0 Å². The molecule has 0 saturated heterocycles. The van der Waals surface area contributed by atoms with Crippen molar-refractivity contribution in [2.24, 2.45) is 10.8 Å². The summed E-state index contributed by atoms with van der Waals surface area (Å²) in [6.07, 6.45) is 1.93. The van der Waals surface area contributed by atoms with Crippen molar-refractivity contribution in [3.8, 4) is 17.3 Å². The van der Waals surface area contributed by atoms with Gasteiger partial charge in [0.25, 0.3) is 0 Å². The normalized spacial score (nSPS) is 14.3. The van der Waals surface area contributed by atoms with Gasteiger partial charge in [-0.1, -0.05) is 183 Å². The summed E-state index contributed by atoms with van der Waals surface area (Å²) in [6.45, 7) is 41.4. The standard InChI is InChI=1S/C61H71N4O.Pt/c1-56(2,3)41-30-31-62-52(35-41)65-50-29-22-21-28-48(50)53-49(58(7,8)9)37-47(38-51(53)65)66-46-27-23-26-44(36-46)63-39-64(55(60(13,14)15)54(63)59(10,11)12)45-33-42(57(4,5)6)32-43(34-45)61(16,17)40-24-19-18-20-25-40;/h18-35,37,39H,1-17H3;/q-3;. The zero-order chi connectivity index (χ0) is 47.9. The summed E-state index contributed by atoms with van der Waals surface area (Å²) < 4.78 is 9.20. The maximum Gasteiger partial charge on any atom is 0.135 e. The van der Waals surface area contributed by atoms with Crippen molar-refractivity contribution in [3.63, 3.8) is 0 Å². The fourth-order valence-electron chi connectivity index (χ4n) is 9.47. The molecule has 0 fully saturated rings. The molecule has 1 aliphatic heterocycles. The van der Waals surface area contributed by atoms with E-state index in [-0.39, 0.29) is 53.6 Å². The zero-order valence-electron chi connectivity index (χ0n) is 43.1. The van der Waals surface area contributed by atoms with E-state index < -0.39 is 0 Å². The molecule has 5 aromatic carbocycles. The minimum Gasteiger partial charge on any atom is -0.509 e. The van der Waals surface area contributed by atoms with Gasteiger partial charge < -0.3 is 19.1 Å². The maximum atomic E-state index is 6.95. The largest absolute Gasteiger partial charge is 0.509 e. The Hall–Kier alpha value is -5.12. The quantitative estimate of drug-likeness (QED) is 0.149. The molecule has 7 aromatic rings. The predicted molar refractivity (Wildman–Crippen MR) is 279 cm³/mol. The summed E-state index contributed by atoms with van der Waals surface area (Å²) >= 11 is 0. The van der Waals surface area contributed by atoms with Crippen molar-refractivity contribution in [2.45, 2.75) is 139 Å². The number of hydrogen-bond acceptors (Lipinski definition) is 4. The van der Waals surface area contributed by atoms with Crippen LogP contribution < -0.4 is 14.5 Å². The Balaban J connectivity index is 0.00000666. The van der Waals surface area contributed by atoms with Crippen LogP contribution in [0, 0.1) is 29.6 Å². The second kappa shape index (κ2) is 17.4. The van der Waals surface area contributed by atoms with Crippen LogP contribution in [0.25, 0.3) is 27.6 Å². The van der Waals surface area contributed by atoms with Crippen LogP contribution in [0.5, 0.6) is 11.5 Å². The molecule has 3 heterocycles. The minimum absolute atomic E-state index is 0.